The summed E-state index contributed by atoms with van der Waals surface area (Å²) in [7, 11) is 3.38. The topological polar surface area (TPSA) is 74.8 Å². The molecule has 6 nitrogen and oxygen atoms in total. The first-order chi connectivity index (χ1) is 15.2. The van der Waals surface area contributed by atoms with Crippen LogP contribution in [0.15, 0.2) is 83.9 Å². The highest BCUT2D eigenvalue weighted by atomic mass is 16.5. The number of amides is 1. The van der Waals surface area contributed by atoms with Crippen LogP contribution in [-0.2, 0) is 13.0 Å². The predicted molar refractivity (Wildman–Crippen MR) is 125 cm³/mol. The van der Waals surface area contributed by atoms with Crippen LogP contribution in [0.4, 0.5) is 0 Å². The van der Waals surface area contributed by atoms with Crippen LogP contribution in [0, 0.1) is 0 Å². The molecule has 0 fully saturated rings. The minimum Gasteiger partial charge on any atom is -0.457 e. The molecule has 1 amide bonds. The van der Waals surface area contributed by atoms with Crippen molar-refractivity contribution in [2.45, 2.75) is 13.0 Å². The van der Waals surface area contributed by atoms with Crippen LogP contribution in [0.3, 0.4) is 0 Å². The van der Waals surface area contributed by atoms with Crippen LogP contribution in [0.5, 0.6) is 11.5 Å². The summed E-state index contributed by atoms with van der Waals surface area (Å²) in [6.45, 7) is 1.33. The Hall–Kier alpha value is -3.80. The van der Waals surface area contributed by atoms with Gasteiger partial charge >= 0.3 is 0 Å². The fourth-order valence-corrected chi connectivity index (χ4v) is 3.09. The summed E-state index contributed by atoms with van der Waals surface area (Å²) in [4.78, 5) is 16.1. The van der Waals surface area contributed by atoms with E-state index >= 15 is 0 Å². The van der Waals surface area contributed by atoms with Crippen molar-refractivity contribution in [1.29, 1.82) is 0 Å². The molecule has 0 aliphatic rings. The zero-order chi connectivity index (χ0) is 21.9. The number of rotatable bonds is 8. The fourth-order valence-electron chi connectivity index (χ4n) is 3.09. The Labute approximate surface area is 183 Å². The molecule has 0 saturated carbocycles. The Morgan fingerprint density at radius 1 is 0.871 bits per heavy atom. The van der Waals surface area contributed by atoms with Crippen molar-refractivity contribution in [3.8, 4) is 11.5 Å². The van der Waals surface area contributed by atoms with Gasteiger partial charge in [0, 0.05) is 32.7 Å². The highest BCUT2D eigenvalue weighted by Crippen LogP contribution is 2.21. The molecule has 0 unspecified atom stereocenters. The Bertz CT molecular complexity index is 1020. The number of carbonyl (C=O) groups excluding carboxylic acids is 1. The van der Waals surface area contributed by atoms with Gasteiger partial charge in [-0.1, -0.05) is 42.5 Å². The molecule has 6 heteroatoms. The summed E-state index contributed by atoms with van der Waals surface area (Å²) in [6, 6.07) is 25.3. The van der Waals surface area contributed by atoms with Crippen LogP contribution in [-0.4, -0.2) is 32.5 Å². The molecule has 0 radical (unpaired) electrons. The maximum Gasteiger partial charge on any atom is 0.251 e. The largest absolute Gasteiger partial charge is 0.457 e. The lowest BCUT2D eigenvalue weighted by molar-refractivity contribution is 0.0963. The first kappa shape index (κ1) is 21.9. The number of hydrogen-bond acceptors (Lipinski definition) is 3. The predicted octanol–water partition coefficient (Wildman–Crippen LogP) is 3.75. The molecule has 0 heterocycles. The van der Waals surface area contributed by atoms with E-state index < -0.39 is 0 Å². The quantitative estimate of drug-likeness (QED) is 0.386. The minimum atomic E-state index is -0.0780. The lowest BCUT2D eigenvalue weighted by atomic mass is 10.1. The van der Waals surface area contributed by atoms with Gasteiger partial charge in [0.1, 0.15) is 11.5 Å². The second kappa shape index (κ2) is 11.4. The standard InChI is InChI=1S/C25H28N4O2/c1-26-24(30)21-10-6-8-19(16-21)14-15-28-25(27-2)29-18-20-9-7-13-23(17-20)31-22-11-4-3-5-12-22/h3-13,16-17H,14-15,18H2,1-2H3,(H,26,30)(H2,27,28,29). The Balaban J connectivity index is 1.49. The zero-order valence-electron chi connectivity index (χ0n) is 17.9. The molecule has 0 atom stereocenters. The van der Waals surface area contributed by atoms with Gasteiger partial charge in [-0.05, 0) is 53.9 Å². The van der Waals surface area contributed by atoms with Gasteiger partial charge in [-0.3, -0.25) is 9.79 Å². The number of benzene rings is 3. The van der Waals surface area contributed by atoms with Gasteiger partial charge in [0.2, 0.25) is 0 Å². The van der Waals surface area contributed by atoms with E-state index in [1.807, 2.05) is 78.9 Å². The second-order valence-electron chi connectivity index (χ2n) is 6.94. The smallest absolute Gasteiger partial charge is 0.251 e. The summed E-state index contributed by atoms with van der Waals surface area (Å²) >= 11 is 0. The van der Waals surface area contributed by atoms with Crippen LogP contribution < -0.4 is 20.7 Å². The van der Waals surface area contributed by atoms with Gasteiger partial charge in [0.05, 0.1) is 0 Å². The molecule has 3 N–H and O–H groups in total. The summed E-state index contributed by atoms with van der Waals surface area (Å²) < 4.78 is 5.90. The van der Waals surface area contributed by atoms with E-state index in [-0.39, 0.29) is 5.91 Å². The van der Waals surface area contributed by atoms with Gasteiger partial charge in [0.25, 0.3) is 5.91 Å². The maximum absolute atomic E-state index is 11.8. The van der Waals surface area contributed by atoms with Crippen molar-refractivity contribution in [2.75, 3.05) is 20.6 Å². The van der Waals surface area contributed by atoms with Crippen molar-refractivity contribution >= 4 is 11.9 Å². The number of carbonyl (C=O) groups is 1. The third kappa shape index (κ3) is 6.89. The molecule has 0 bridgehead atoms. The Morgan fingerprint density at radius 3 is 2.39 bits per heavy atom. The van der Waals surface area contributed by atoms with Crippen LogP contribution in [0.2, 0.25) is 0 Å². The van der Waals surface area contributed by atoms with Gasteiger partial charge in [-0.15, -0.1) is 0 Å². The van der Waals surface area contributed by atoms with E-state index in [4.69, 9.17) is 4.74 Å². The molecule has 3 aromatic rings. The molecule has 0 saturated heterocycles. The highest BCUT2D eigenvalue weighted by molar-refractivity contribution is 5.94. The average molecular weight is 417 g/mol. The molecular formula is C25H28N4O2. The number of hydrogen-bond donors (Lipinski definition) is 3. The van der Waals surface area contributed by atoms with Crippen molar-refractivity contribution in [1.82, 2.24) is 16.0 Å². The Morgan fingerprint density at radius 2 is 1.61 bits per heavy atom. The Kier molecular flexibility index (Phi) is 8.05. The van der Waals surface area contributed by atoms with E-state index in [0.717, 1.165) is 35.0 Å². The second-order valence-corrected chi connectivity index (χ2v) is 6.94. The van der Waals surface area contributed by atoms with E-state index in [2.05, 4.69) is 20.9 Å². The van der Waals surface area contributed by atoms with Gasteiger partial charge in [-0.25, -0.2) is 0 Å². The van der Waals surface area contributed by atoms with Gasteiger partial charge in [0.15, 0.2) is 5.96 Å². The van der Waals surface area contributed by atoms with E-state index in [9.17, 15) is 4.79 Å². The zero-order valence-corrected chi connectivity index (χ0v) is 17.9. The first-order valence-electron chi connectivity index (χ1n) is 10.3. The SMILES string of the molecule is CN=C(NCCc1cccc(C(=O)NC)c1)NCc1cccc(Oc2ccccc2)c1. The third-order valence-corrected chi connectivity index (χ3v) is 4.68. The fraction of sp³-hybridized carbons (Fsp3) is 0.200. The maximum atomic E-state index is 11.8. The monoisotopic (exact) mass is 416 g/mol. The highest BCUT2D eigenvalue weighted by Gasteiger charge is 2.05. The first-order valence-corrected chi connectivity index (χ1v) is 10.3. The van der Waals surface area contributed by atoms with Gasteiger partial charge < -0.3 is 20.7 Å². The van der Waals surface area contributed by atoms with E-state index in [0.29, 0.717) is 18.7 Å². The van der Waals surface area contributed by atoms with E-state index in [1.54, 1.807) is 14.1 Å². The summed E-state index contributed by atoms with van der Waals surface area (Å²) in [5, 5.41) is 9.28. The van der Waals surface area contributed by atoms with Crippen molar-refractivity contribution in [3.63, 3.8) is 0 Å². The van der Waals surface area contributed by atoms with Crippen molar-refractivity contribution in [3.05, 3.63) is 95.6 Å². The summed E-state index contributed by atoms with van der Waals surface area (Å²) in [6.07, 6.45) is 0.784. The molecule has 0 spiro atoms. The normalized spacial score (nSPS) is 11.0. The van der Waals surface area contributed by atoms with Crippen LogP contribution in [0.25, 0.3) is 0 Å². The molecule has 0 aliphatic carbocycles. The molecular weight excluding hydrogens is 388 g/mol. The molecule has 0 aliphatic heterocycles. The summed E-state index contributed by atoms with van der Waals surface area (Å²) in [5.41, 5.74) is 2.85. The summed E-state index contributed by atoms with van der Waals surface area (Å²) in [5.74, 6) is 2.25. The van der Waals surface area contributed by atoms with Crippen LogP contribution in [0.1, 0.15) is 21.5 Å². The molecule has 160 valence electrons. The number of para-hydroxylation sites is 1. The molecule has 3 rings (SSSR count). The molecule has 3 aromatic carbocycles. The van der Waals surface area contributed by atoms with Gasteiger partial charge in [-0.2, -0.15) is 0 Å². The third-order valence-electron chi connectivity index (χ3n) is 4.68. The van der Waals surface area contributed by atoms with Crippen molar-refractivity contribution < 1.29 is 9.53 Å². The van der Waals surface area contributed by atoms with Crippen molar-refractivity contribution in [2.24, 2.45) is 4.99 Å². The number of nitrogens with zero attached hydrogens (tertiary/aromatic N) is 1. The molecule has 0 aromatic heterocycles. The number of guanidine groups is 1. The number of aliphatic imine (C=N–C) groups is 1. The number of ether oxygens (including phenoxy) is 1. The lowest BCUT2D eigenvalue weighted by Crippen LogP contribution is -2.37. The number of nitrogens with one attached hydrogen (secondary N) is 3. The lowest BCUT2D eigenvalue weighted by Gasteiger charge is -2.13. The van der Waals surface area contributed by atoms with E-state index in [1.165, 1.54) is 0 Å². The van der Waals surface area contributed by atoms with Crippen LogP contribution >= 0.6 is 0 Å². The average Bonchev–Trinajstić information content (AvgIpc) is 2.82. The molecule has 31 heavy (non-hydrogen) atoms. The minimum absolute atomic E-state index is 0.0780.